The fourth-order valence-corrected chi connectivity index (χ4v) is 2.74. The molecule has 0 fully saturated rings. The molecule has 0 radical (unpaired) electrons. The van der Waals surface area contributed by atoms with Gasteiger partial charge in [0.25, 0.3) is 0 Å². The Morgan fingerprint density at radius 1 is 1.15 bits per heavy atom. The van der Waals surface area contributed by atoms with E-state index >= 15 is 0 Å². The van der Waals surface area contributed by atoms with E-state index in [1.54, 1.807) is 18.2 Å². The Balaban J connectivity index is 1.49. The van der Waals surface area contributed by atoms with Crippen LogP contribution in [0.4, 0.5) is 4.39 Å². The Hall–Kier alpha value is -2.95. The predicted molar refractivity (Wildman–Crippen MR) is 98.0 cm³/mol. The smallest absolute Gasteiger partial charge is 0.226 e. The second-order valence-electron chi connectivity index (χ2n) is 6.36. The molecule has 4 nitrogen and oxygen atoms in total. The summed E-state index contributed by atoms with van der Waals surface area (Å²) in [6.45, 7) is 1.99. The van der Waals surface area contributed by atoms with E-state index < -0.39 is 0 Å². The number of hydrogen-bond acceptors (Lipinski definition) is 3. The van der Waals surface area contributed by atoms with Gasteiger partial charge < -0.3 is 9.84 Å². The van der Waals surface area contributed by atoms with Gasteiger partial charge in [0.05, 0.1) is 12.1 Å². The number of hydrogen-bond donors (Lipinski definition) is 1. The number of carbonyl (C=O) groups is 1. The minimum atomic E-state index is -0.308. The number of carbonyl (C=O) groups excluding carboxylic acids is 1. The highest BCUT2D eigenvalue weighted by atomic mass is 19.1. The molecule has 1 heterocycles. The zero-order valence-corrected chi connectivity index (χ0v) is 14.6. The molecule has 2 aromatic carbocycles. The van der Waals surface area contributed by atoms with Gasteiger partial charge in [-0.3, -0.25) is 4.79 Å². The molecule has 1 N–H and O–H groups in total. The zero-order chi connectivity index (χ0) is 18.4. The summed E-state index contributed by atoms with van der Waals surface area (Å²) in [5.74, 6) is 0.117. The molecule has 1 unspecified atom stereocenters. The molecule has 134 valence electrons. The molecule has 0 spiro atoms. The van der Waals surface area contributed by atoms with Crippen molar-refractivity contribution >= 4 is 5.91 Å². The normalized spacial score (nSPS) is 11.9. The van der Waals surface area contributed by atoms with Crippen molar-refractivity contribution in [1.29, 1.82) is 0 Å². The van der Waals surface area contributed by atoms with Gasteiger partial charge in [-0.1, -0.05) is 35.5 Å². The van der Waals surface area contributed by atoms with Crippen LogP contribution in [0.5, 0.6) is 0 Å². The summed E-state index contributed by atoms with van der Waals surface area (Å²) < 4.78 is 18.2. The van der Waals surface area contributed by atoms with Crippen LogP contribution in [0.15, 0.2) is 65.2 Å². The lowest BCUT2D eigenvalue weighted by Gasteiger charge is -2.13. The molecule has 0 aliphatic rings. The maximum Gasteiger partial charge on any atom is 0.226 e. The maximum atomic E-state index is 13.0. The number of nitrogens with zero attached hydrogens (tertiary/aromatic N) is 1. The van der Waals surface area contributed by atoms with E-state index in [1.165, 1.54) is 17.7 Å². The van der Waals surface area contributed by atoms with Gasteiger partial charge in [-0.05, 0) is 49.6 Å². The molecule has 0 saturated carbocycles. The number of amides is 1. The van der Waals surface area contributed by atoms with Crippen LogP contribution in [0.3, 0.4) is 0 Å². The molecule has 0 aliphatic carbocycles. The van der Waals surface area contributed by atoms with Crippen molar-refractivity contribution in [3.05, 3.63) is 77.7 Å². The Morgan fingerprint density at radius 3 is 2.62 bits per heavy atom. The third-order valence-corrected chi connectivity index (χ3v) is 4.15. The van der Waals surface area contributed by atoms with Crippen LogP contribution < -0.4 is 5.32 Å². The third kappa shape index (κ3) is 5.02. The molecule has 26 heavy (non-hydrogen) atoms. The molecule has 0 saturated heterocycles. The molecule has 5 heteroatoms. The topological polar surface area (TPSA) is 55.1 Å². The number of nitrogens with one attached hydrogen (secondary N) is 1. The first-order chi connectivity index (χ1) is 12.6. The first kappa shape index (κ1) is 17.9. The van der Waals surface area contributed by atoms with E-state index in [-0.39, 0.29) is 24.2 Å². The fraction of sp³-hybridized carbons (Fsp3) is 0.238. The average Bonchev–Trinajstić information content (AvgIpc) is 3.09. The van der Waals surface area contributed by atoms with Crippen LogP contribution in [0, 0.1) is 5.82 Å². The Morgan fingerprint density at radius 2 is 1.88 bits per heavy atom. The highest BCUT2D eigenvalue weighted by molar-refractivity contribution is 5.78. The van der Waals surface area contributed by atoms with E-state index in [4.69, 9.17) is 4.52 Å². The minimum absolute atomic E-state index is 0.0752. The standard InChI is InChI=1S/C21H21FN2O2/c1-15(7-8-16-5-3-2-4-6-16)23-21(25)14-19-13-20(26-24-19)17-9-11-18(22)12-10-17/h2-6,9-13,15H,7-8,14H2,1H3,(H,23,25). The van der Waals surface area contributed by atoms with Crippen LogP contribution in [0.2, 0.25) is 0 Å². The van der Waals surface area contributed by atoms with E-state index in [1.807, 2.05) is 25.1 Å². The summed E-state index contributed by atoms with van der Waals surface area (Å²) in [4.78, 5) is 12.2. The maximum absolute atomic E-state index is 13.0. The Labute approximate surface area is 152 Å². The highest BCUT2D eigenvalue weighted by Crippen LogP contribution is 2.20. The number of aryl methyl sites for hydroxylation is 1. The Kier molecular flexibility index (Phi) is 5.79. The summed E-state index contributed by atoms with van der Waals surface area (Å²) in [6.07, 6.45) is 1.94. The summed E-state index contributed by atoms with van der Waals surface area (Å²) >= 11 is 0. The summed E-state index contributed by atoms with van der Waals surface area (Å²) in [5, 5.41) is 6.91. The molecule has 0 bridgehead atoms. The van der Waals surface area contributed by atoms with E-state index in [2.05, 4.69) is 22.6 Å². The SMILES string of the molecule is CC(CCc1ccccc1)NC(=O)Cc1cc(-c2ccc(F)cc2)on1. The van der Waals surface area contributed by atoms with Crippen molar-refractivity contribution in [3.8, 4) is 11.3 Å². The lowest BCUT2D eigenvalue weighted by molar-refractivity contribution is -0.121. The second kappa shape index (κ2) is 8.43. The van der Waals surface area contributed by atoms with Crippen LogP contribution in [-0.2, 0) is 17.6 Å². The van der Waals surface area contributed by atoms with Gasteiger partial charge in [-0.2, -0.15) is 0 Å². The molecule has 1 aromatic heterocycles. The van der Waals surface area contributed by atoms with Gasteiger partial charge in [0.2, 0.25) is 5.91 Å². The first-order valence-electron chi connectivity index (χ1n) is 8.65. The molecular formula is C21H21FN2O2. The number of halogens is 1. The van der Waals surface area contributed by atoms with Gasteiger partial charge in [0.15, 0.2) is 5.76 Å². The third-order valence-electron chi connectivity index (χ3n) is 4.15. The fourth-order valence-electron chi connectivity index (χ4n) is 2.74. The molecular weight excluding hydrogens is 331 g/mol. The van der Waals surface area contributed by atoms with Crippen molar-refractivity contribution < 1.29 is 13.7 Å². The van der Waals surface area contributed by atoms with Crippen molar-refractivity contribution in [2.24, 2.45) is 0 Å². The average molecular weight is 352 g/mol. The van der Waals surface area contributed by atoms with Crippen molar-refractivity contribution in [1.82, 2.24) is 10.5 Å². The molecule has 1 amide bonds. The van der Waals surface area contributed by atoms with Crippen LogP contribution in [-0.4, -0.2) is 17.1 Å². The number of rotatable bonds is 7. The first-order valence-corrected chi connectivity index (χ1v) is 8.65. The number of benzene rings is 2. The molecule has 3 aromatic rings. The molecule has 1 atom stereocenters. The molecule has 3 rings (SSSR count). The van der Waals surface area contributed by atoms with Crippen LogP contribution in [0.25, 0.3) is 11.3 Å². The van der Waals surface area contributed by atoms with Gasteiger partial charge in [-0.15, -0.1) is 0 Å². The van der Waals surface area contributed by atoms with Gasteiger partial charge >= 0.3 is 0 Å². The van der Waals surface area contributed by atoms with Crippen molar-refractivity contribution in [2.45, 2.75) is 32.2 Å². The monoisotopic (exact) mass is 352 g/mol. The van der Waals surface area contributed by atoms with E-state index in [9.17, 15) is 9.18 Å². The zero-order valence-electron chi connectivity index (χ0n) is 14.6. The van der Waals surface area contributed by atoms with Crippen LogP contribution >= 0.6 is 0 Å². The van der Waals surface area contributed by atoms with Crippen LogP contribution in [0.1, 0.15) is 24.6 Å². The van der Waals surface area contributed by atoms with Crippen molar-refractivity contribution in [3.63, 3.8) is 0 Å². The van der Waals surface area contributed by atoms with Gasteiger partial charge in [0.1, 0.15) is 5.82 Å². The highest BCUT2D eigenvalue weighted by Gasteiger charge is 2.13. The summed E-state index contributed by atoms with van der Waals surface area (Å²) in [7, 11) is 0. The lowest BCUT2D eigenvalue weighted by Crippen LogP contribution is -2.34. The summed E-state index contributed by atoms with van der Waals surface area (Å²) in [6, 6.07) is 17.9. The second-order valence-corrected chi connectivity index (χ2v) is 6.36. The number of aromatic nitrogens is 1. The molecule has 0 aliphatic heterocycles. The largest absolute Gasteiger partial charge is 0.356 e. The quantitative estimate of drug-likeness (QED) is 0.695. The predicted octanol–water partition coefficient (Wildman–Crippen LogP) is 4.16. The van der Waals surface area contributed by atoms with Crippen molar-refractivity contribution in [2.75, 3.05) is 0 Å². The Bertz CT molecular complexity index is 844. The minimum Gasteiger partial charge on any atom is -0.356 e. The van der Waals surface area contributed by atoms with Gasteiger partial charge in [0, 0.05) is 17.7 Å². The van der Waals surface area contributed by atoms with E-state index in [0.717, 1.165) is 18.4 Å². The lowest BCUT2D eigenvalue weighted by atomic mass is 10.1. The summed E-state index contributed by atoms with van der Waals surface area (Å²) in [5.41, 5.74) is 2.54. The van der Waals surface area contributed by atoms with E-state index in [0.29, 0.717) is 11.5 Å². The van der Waals surface area contributed by atoms with Gasteiger partial charge in [-0.25, -0.2) is 4.39 Å².